The highest BCUT2D eigenvalue weighted by molar-refractivity contribution is 5.78. The molecule has 15 heavy (non-hydrogen) atoms. The summed E-state index contributed by atoms with van der Waals surface area (Å²) in [5, 5.41) is 0. The van der Waals surface area contributed by atoms with Crippen LogP contribution < -0.4 is 0 Å². The van der Waals surface area contributed by atoms with Crippen LogP contribution in [0.15, 0.2) is 28.9 Å². The standard InChI is InChI=1S/C11H8FNO2/c1-7-6-15-11(13-7)9-4-2-3-8(5-14)10(9)12/h2-6H,1H3. The zero-order valence-electron chi connectivity index (χ0n) is 8.03. The molecule has 0 radical (unpaired) electrons. The topological polar surface area (TPSA) is 43.1 Å². The fourth-order valence-corrected chi connectivity index (χ4v) is 1.28. The molecule has 0 N–H and O–H groups in total. The highest BCUT2D eigenvalue weighted by Crippen LogP contribution is 2.23. The SMILES string of the molecule is Cc1coc(-c2cccc(C=O)c2F)n1. The Balaban J connectivity index is 2.58. The monoisotopic (exact) mass is 205 g/mol. The quantitative estimate of drug-likeness (QED) is 0.708. The van der Waals surface area contributed by atoms with E-state index in [0.717, 1.165) is 0 Å². The summed E-state index contributed by atoms with van der Waals surface area (Å²) < 4.78 is 18.7. The zero-order valence-corrected chi connectivity index (χ0v) is 8.03. The molecule has 0 spiro atoms. The van der Waals surface area contributed by atoms with Gasteiger partial charge in [-0.2, -0.15) is 0 Å². The predicted molar refractivity (Wildman–Crippen MR) is 52.0 cm³/mol. The van der Waals surface area contributed by atoms with E-state index in [1.165, 1.54) is 18.4 Å². The molecule has 76 valence electrons. The van der Waals surface area contributed by atoms with Crippen LogP contribution in [0.25, 0.3) is 11.5 Å². The van der Waals surface area contributed by atoms with Crippen LogP contribution in [0.5, 0.6) is 0 Å². The van der Waals surface area contributed by atoms with Gasteiger partial charge in [-0.1, -0.05) is 6.07 Å². The second-order valence-electron chi connectivity index (χ2n) is 3.12. The van der Waals surface area contributed by atoms with E-state index < -0.39 is 5.82 Å². The number of nitrogens with zero attached hydrogens (tertiary/aromatic N) is 1. The molecular formula is C11H8FNO2. The summed E-state index contributed by atoms with van der Waals surface area (Å²) in [4.78, 5) is 14.5. The van der Waals surface area contributed by atoms with Crippen LogP contribution in [0.1, 0.15) is 16.1 Å². The first-order valence-corrected chi connectivity index (χ1v) is 4.38. The first-order valence-electron chi connectivity index (χ1n) is 4.38. The Morgan fingerprint density at radius 2 is 2.27 bits per heavy atom. The van der Waals surface area contributed by atoms with Crippen molar-refractivity contribution >= 4 is 6.29 Å². The van der Waals surface area contributed by atoms with Crippen molar-refractivity contribution in [3.05, 3.63) is 41.5 Å². The van der Waals surface area contributed by atoms with Crippen LogP contribution in [0.4, 0.5) is 4.39 Å². The van der Waals surface area contributed by atoms with Crippen LogP contribution >= 0.6 is 0 Å². The number of aryl methyl sites for hydroxylation is 1. The molecule has 0 saturated heterocycles. The molecule has 3 nitrogen and oxygen atoms in total. The molecule has 0 aliphatic rings. The van der Waals surface area contributed by atoms with Gasteiger partial charge < -0.3 is 4.42 Å². The molecule has 0 atom stereocenters. The van der Waals surface area contributed by atoms with Gasteiger partial charge in [0.15, 0.2) is 6.29 Å². The van der Waals surface area contributed by atoms with E-state index in [2.05, 4.69) is 4.98 Å². The molecule has 0 fully saturated rings. The molecule has 0 amide bonds. The van der Waals surface area contributed by atoms with Gasteiger partial charge in [-0.25, -0.2) is 9.37 Å². The van der Waals surface area contributed by atoms with Gasteiger partial charge in [0.2, 0.25) is 5.89 Å². The van der Waals surface area contributed by atoms with Gasteiger partial charge in [0.1, 0.15) is 12.1 Å². The van der Waals surface area contributed by atoms with Crippen molar-refractivity contribution in [2.45, 2.75) is 6.92 Å². The molecule has 1 aromatic carbocycles. The van der Waals surface area contributed by atoms with Gasteiger partial charge in [-0.05, 0) is 19.1 Å². The lowest BCUT2D eigenvalue weighted by Gasteiger charge is -1.99. The predicted octanol–water partition coefficient (Wildman–Crippen LogP) is 2.60. The third-order valence-electron chi connectivity index (χ3n) is 2.00. The van der Waals surface area contributed by atoms with Crippen molar-refractivity contribution in [3.8, 4) is 11.5 Å². The van der Waals surface area contributed by atoms with E-state index in [4.69, 9.17) is 4.42 Å². The molecule has 0 aliphatic carbocycles. The van der Waals surface area contributed by atoms with Crippen molar-refractivity contribution in [1.29, 1.82) is 0 Å². The minimum absolute atomic E-state index is 0.00310. The van der Waals surface area contributed by atoms with Crippen molar-refractivity contribution < 1.29 is 13.6 Å². The van der Waals surface area contributed by atoms with Crippen LogP contribution in [0.3, 0.4) is 0 Å². The molecular weight excluding hydrogens is 197 g/mol. The summed E-state index contributed by atoms with van der Waals surface area (Å²) in [5.74, 6) is -0.414. The molecule has 2 rings (SSSR count). The maximum Gasteiger partial charge on any atom is 0.229 e. The fraction of sp³-hybridized carbons (Fsp3) is 0.0909. The second kappa shape index (κ2) is 3.65. The normalized spacial score (nSPS) is 10.3. The summed E-state index contributed by atoms with van der Waals surface area (Å²) in [6.07, 6.45) is 1.90. The molecule has 0 saturated carbocycles. The summed E-state index contributed by atoms with van der Waals surface area (Å²) in [7, 11) is 0. The molecule has 0 bridgehead atoms. The third kappa shape index (κ3) is 1.66. The lowest BCUT2D eigenvalue weighted by molar-refractivity contribution is 0.112. The van der Waals surface area contributed by atoms with Gasteiger partial charge in [-0.15, -0.1) is 0 Å². The van der Waals surface area contributed by atoms with Crippen LogP contribution in [0, 0.1) is 12.7 Å². The van der Waals surface area contributed by atoms with E-state index in [-0.39, 0.29) is 17.0 Å². The first-order chi connectivity index (χ1) is 7.22. The number of carbonyl (C=O) groups is 1. The minimum Gasteiger partial charge on any atom is -0.444 e. The number of oxazole rings is 1. The van der Waals surface area contributed by atoms with E-state index in [1.807, 2.05) is 0 Å². The number of carbonyl (C=O) groups excluding carboxylic acids is 1. The zero-order chi connectivity index (χ0) is 10.8. The lowest BCUT2D eigenvalue weighted by atomic mass is 10.1. The molecule has 0 aliphatic heterocycles. The smallest absolute Gasteiger partial charge is 0.229 e. The van der Waals surface area contributed by atoms with Crippen LogP contribution in [-0.2, 0) is 0 Å². The Bertz CT molecular complexity index is 505. The van der Waals surface area contributed by atoms with Gasteiger partial charge >= 0.3 is 0 Å². The number of hydrogen-bond acceptors (Lipinski definition) is 3. The largest absolute Gasteiger partial charge is 0.444 e. The average Bonchev–Trinajstić information content (AvgIpc) is 2.65. The van der Waals surface area contributed by atoms with Crippen LogP contribution in [-0.4, -0.2) is 11.3 Å². The van der Waals surface area contributed by atoms with E-state index >= 15 is 0 Å². The Kier molecular flexibility index (Phi) is 2.33. The van der Waals surface area contributed by atoms with Gasteiger partial charge in [0.05, 0.1) is 16.8 Å². The summed E-state index contributed by atoms with van der Waals surface area (Å²) in [6.45, 7) is 1.74. The second-order valence-corrected chi connectivity index (χ2v) is 3.12. The Morgan fingerprint density at radius 1 is 1.47 bits per heavy atom. The lowest BCUT2D eigenvalue weighted by Crippen LogP contribution is -1.91. The first kappa shape index (κ1) is 9.58. The van der Waals surface area contributed by atoms with Gasteiger partial charge in [-0.3, -0.25) is 4.79 Å². The van der Waals surface area contributed by atoms with Gasteiger partial charge in [0, 0.05) is 0 Å². The maximum absolute atomic E-state index is 13.6. The molecule has 1 aromatic heterocycles. The molecule has 0 unspecified atom stereocenters. The average molecular weight is 205 g/mol. The molecule has 4 heteroatoms. The summed E-state index contributed by atoms with van der Waals surface area (Å²) in [6, 6.07) is 4.51. The van der Waals surface area contributed by atoms with Crippen molar-refractivity contribution in [3.63, 3.8) is 0 Å². The van der Waals surface area contributed by atoms with E-state index in [1.54, 1.807) is 13.0 Å². The number of hydrogen-bond donors (Lipinski definition) is 0. The van der Waals surface area contributed by atoms with E-state index in [0.29, 0.717) is 12.0 Å². The fourth-order valence-electron chi connectivity index (χ4n) is 1.28. The molecule has 2 aromatic rings. The Morgan fingerprint density at radius 3 is 2.87 bits per heavy atom. The van der Waals surface area contributed by atoms with Gasteiger partial charge in [0.25, 0.3) is 0 Å². The Labute approximate surface area is 85.6 Å². The summed E-state index contributed by atoms with van der Waals surface area (Å²) >= 11 is 0. The number of rotatable bonds is 2. The van der Waals surface area contributed by atoms with Crippen molar-refractivity contribution in [2.24, 2.45) is 0 Å². The van der Waals surface area contributed by atoms with Crippen molar-refractivity contribution in [1.82, 2.24) is 4.98 Å². The third-order valence-corrected chi connectivity index (χ3v) is 2.00. The van der Waals surface area contributed by atoms with Crippen molar-refractivity contribution in [2.75, 3.05) is 0 Å². The highest BCUT2D eigenvalue weighted by atomic mass is 19.1. The van der Waals surface area contributed by atoms with Crippen LogP contribution in [0.2, 0.25) is 0 Å². The Hall–Kier alpha value is -1.97. The number of aldehydes is 1. The number of benzene rings is 1. The maximum atomic E-state index is 13.6. The molecule has 1 heterocycles. The summed E-state index contributed by atoms with van der Waals surface area (Å²) in [5.41, 5.74) is 0.872. The number of aromatic nitrogens is 1. The van der Waals surface area contributed by atoms with E-state index in [9.17, 15) is 9.18 Å². The number of halogens is 1. The minimum atomic E-state index is -0.602. The highest BCUT2D eigenvalue weighted by Gasteiger charge is 2.13.